The molecule has 4 rings (SSSR count). The van der Waals surface area contributed by atoms with Crippen LogP contribution in [0.1, 0.15) is 36.9 Å². The number of ketones is 1. The fourth-order valence-electron chi connectivity index (χ4n) is 4.41. The Morgan fingerprint density at radius 3 is 2.56 bits per heavy atom. The van der Waals surface area contributed by atoms with Crippen LogP contribution in [0.4, 0.5) is 0 Å². The van der Waals surface area contributed by atoms with Crippen LogP contribution < -0.4 is 4.74 Å². The molecule has 1 atom stereocenters. The zero-order valence-electron chi connectivity index (χ0n) is 19.5. The van der Waals surface area contributed by atoms with Crippen LogP contribution in [-0.2, 0) is 14.3 Å². The molecule has 1 aliphatic heterocycles. The lowest BCUT2D eigenvalue weighted by molar-refractivity contribution is -0.140. The molecule has 3 aromatic rings. The van der Waals surface area contributed by atoms with E-state index in [0.717, 1.165) is 22.8 Å². The Morgan fingerprint density at radius 2 is 1.76 bits per heavy atom. The number of nitrogens with zero attached hydrogens (tertiary/aromatic N) is 1. The van der Waals surface area contributed by atoms with Gasteiger partial charge in [0.2, 0.25) is 0 Å². The maximum Gasteiger partial charge on any atom is 0.295 e. The van der Waals surface area contributed by atoms with Crippen LogP contribution in [0.25, 0.3) is 16.5 Å². The number of aliphatic hydroxyl groups excluding tert-OH is 1. The van der Waals surface area contributed by atoms with Gasteiger partial charge in [-0.25, -0.2) is 0 Å². The lowest BCUT2D eigenvalue weighted by Gasteiger charge is -2.26. The predicted molar refractivity (Wildman–Crippen MR) is 132 cm³/mol. The summed E-state index contributed by atoms with van der Waals surface area (Å²) in [6.07, 6.45) is 1.43. The first-order valence-corrected chi connectivity index (χ1v) is 11.5. The molecular weight excluding hydrogens is 430 g/mol. The Bertz CT molecular complexity index is 1230. The van der Waals surface area contributed by atoms with Crippen LogP contribution in [0, 0.1) is 0 Å². The third-order valence-corrected chi connectivity index (χ3v) is 5.99. The zero-order chi connectivity index (χ0) is 24.1. The average molecular weight is 460 g/mol. The molecule has 1 heterocycles. The summed E-state index contributed by atoms with van der Waals surface area (Å²) in [5, 5.41) is 13.3. The van der Waals surface area contributed by atoms with E-state index in [-0.39, 0.29) is 11.3 Å². The van der Waals surface area contributed by atoms with Gasteiger partial charge in [-0.15, -0.1) is 0 Å². The van der Waals surface area contributed by atoms with Crippen LogP contribution in [0.5, 0.6) is 5.75 Å². The number of rotatable bonds is 9. The maximum atomic E-state index is 13.3. The summed E-state index contributed by atoms with van der Waals surface area (Å²) in [7, 11) is 1.60. The highest BCUT2D eigenvalue weighted by molar-refractivity contribution is 6.46. The van der Waals surface area contributed by atoms with Crippen LogP contribution >= 0.6 is 0 Å². The third-order valence-electron chi connectivity index (χ3n) is 5.99. The van der Waals surface area contributed by atoms with Crippen LogP contribution in [0.2, 0.25) is 0 Å². The summed E-state index contributed by atoms with van der Waals surface area (Å²) in [5.74, 6) is -0.906. The number of carbonyl (C=O) groups excluding carboxylic acids is 2. The molecule has 1 fully saturated rings. The van der Waals surface area contributed by atoms with Gasteiger partial charge in [0.25, 0.3) is 11.7 Å². The van der Waals surface area contributed by atoms with Gasteiger partial charge in [0.15, 0.2) is 0 Å². The molecule has 1 amide bonds. The van der Waals surface area contributed by atoms with Crippen molar-refractivity contribution in [2.45, 2.75) is 25.8 Å². The average Bonchev–Trinajstić information content (AvgIpc) is 3.12. The molecule has 0 spiro atoms. The quantitative estimate of drug-likeness (QED) is 0.209. The molecule has 1 unspecified atom stereocenters. The second kappa shape index (κ2) is 10.5. The normalized spacial score (nSPS) is 17.5. The minimum Gasteiger partial charge on any atom is -0.507 e. The van der Waals surface area contributed by atoms with Gasteiger partial charge < -0.3 is 19.5 Å². The van der Waals surface area contributed by atoms with Gasteiger partial charge in [0.1, 0.15) is 11.5 Å². The summed E-state index contributed by atoms with van der Waals surface area (Å²) in [5.41, 5.74) is 1.33. The molecule has 34 heavy (non-hydrogen) atoms. The molecule has 1 aliphatic rings. The number of hydrogen-bond donors (Lipinski definition) is 1. The molecule has 0 aliphatic carbocycles. The Morgan fingerprint density at radius 1 is 1.00 bits per heavy atom. The number of Topliss-reactive ketones (excluding diaryl/α,β-unsaturated/α-hetero) is 1. The van der Waals surface area contributed by atoms with E-state index in [1.54, 1.807) is 36.3 Å². The smallest absolute Gasteiger partial charge is 0.295 e. The summed E-state index contributed by atoms with van der Waals surface area (Å²) in [6, 6.07) is 19.9. The van der Waals surface area contributed by atoms with Crippen molar-refractivity contribution in [1.82, 2.24) is 4.90 Å². The number of likely N-dealkylation sites (tertiary alicyclic amines) is 1. The molecule has 0 aromatic heterocycles. The molecule has 6 nitrogen and oxygen atoms in total. The Kier molecular flexibility index (Phi) is 7.28. The van der Waals surface area contributed by atoms with Gasteiger partial charge in [-0.3, -0.25) is 9.59 Å². The Hall–Kier alpha value is -3.64. The van der Waals surface area contributed by atoms with Gasteiger partial charge in [-0.1, -0.05) is 61.5 Å². The number of methoxy groups -OCH3 is 1. The molecule has 176 valence electrons. The van der Waals surface area contributed by atoms with Gasteiger partial charge in [0.05, 0.1) is 18.2 Å². The SMILES string of the molecule is CCCOc1cccc(/C(O)=C2/C(=O)C(=O)N(CCCOC)C2c2cccc3ccccc23)c1. The fraction of sp³-hybridized carbons (Fsp3) is 0.286. The lowest BCUT2D eigenvalue weighted by Crippen LogP contribution is -2.31. The molecular formula is C28H29NO5. The summed E-state index contributed by atoms with van der Waals surface area (Å²) >= 11 is 0. The first kappa shape index (κ1) is 23.5. The number of fused-ring (bicyclic) bond motifs is 1. The van der Waals surface area contributed by atoms with Gasteiger partial charge in [-0.05, 0) is 41.3 Å². The largest absolute Gasteiger partial charge is 0.507 e. The second-order valence-electron chi connectivity index (χ2n) is 8.28. The van der Waals surface area contributed by atoms with Crippen LogP contribution in [0.15, 0.2) is 72.3 Å². The lowest BCUT2D eigenvalue weighted by atomic mass is 9.91. The minimum atomic E-state index is -0.705. The van der Waals surface area contributed by atoms with Crippen molar-refractivity contribution in [2.75, 3.05) is 26.9 Å². The van der Waals surface area contributed by atoms with Crippen LogP contribution in [0.3, 0.4) is 0 Å². The summed E-state index contributed by atoms with van der Waals surface area (Å²) in [4.78, 5) is 28.0. The maximum absolute atomic E-state index is 13.3. The van der Waals surface area contributed by atoms with Crippen molar-refractivity contribution < 1.29 is 24.2 Å². The Labute approximate surface area is 199 Å². The van der Waals surface area contributed by atoms with E-state index in [9.17, 15) is 14.7 Å². The molecule has 3 aromatic carbocycles. The number of benzene rings is 3. The predicted octanol–water partition coefficient (Wildman–Crippen LogP) is 5.09. The number of ether oxygens (including phenoxy) is 2. The van der Waals surface area contributed by atoms with Crippen LogP contribution in [-0.4, -0.2) is 48.6 Å². The molecule has 1 saturated heterocycles. The summed E-state index contributed by atoms with van der Waals surface area (Å²) in [6.45, 7) is 3.36. The number of carbonyl (C=O) groups is 2. The van der Waals surface area contributed by atoms with E-state index in [1.165, 1.54) is 0 Å². The van der Waals surface area contributed by atoms with E-state index in [4.69, 9.17) is 9.47 Å². The standard InChI is InChI=1S/C28H29NO5/c1-3-16-34-21-12-6-11-20(18-21)26(30)24-25(29(15-8-17-33-2)28(32)27(24)31)23-14-7-10-19-9-4-5-13-22(19)23/h4-7,9-14,18,25,30H,3,8,15-17H2,1-2H3/b26-24-. The highest BCUT2D eigenvalue weighted by atomic mass is 16.5. The number of hydrogen-bond acceptors (Lipinski definition) is 5. The first-order valence-electron chi connectivity index (χ1n) is 11.5. The molecule has 6 heteroatoms. The molecule has 1 N–H and O–H groups in total. The summed E-state index contributed by atoms with van der Waals surface area (Å²) < 4.78 is 10.9. The van der Waals surface area contributed by atoms with E-state index in [2.05, 4.69) is 0 Å². The zero-order valence-corrected chi connectivity index (χ0v) is 19.5. The van der Waals surface area contributed by atoms with Gasteiger partial charge in [-0.2, -0.15) is 0 Å². The van der Waals surface area contributed by atoms with Crippen molar-refractivity contribution in [3.8, 4) is 5.75 Å². The first-order chi connectivity index (χ1) is 16.6. The monoisotopic (exact) mass is 459 g/mol. The van der Waals surface area contributed by atoms with Crippen molar-refractivity contribution in [1.29, 1.82) is 0 Å². The number of amides is 1. The fourth-order valence-corrected chi connectivity index (χ4v) is 4.41. The van der Waals surface area contributed by atoms with Crippen molar-refractivity contribution in [3.05, 3.63) is 83.4 Å². The third kappa shape index (κ3) is 4.54. The van der Waals surface area contributed by atoms with E-state index >= 15 is 0 Å². The Balaban J connectivity index is 1.87. The highest BCUT2D eigenvalue weighted by Gasteiger charge is 2.46. The molecule has 0 saturated carbocycles. The highest BCUT2D eigenvalue weighted by Crippen LogP contribution is 2.42. The minimum absolute atomic E-state index is 0.0893. The topological polar surface area (TPSA) is 76.1 Å². The number of aliphatic hydroxyl groups is 1. The van der Waals surface area contributed by atoms with Crippen molar-refractivity contribution in [2.24, 2.45) is 0 Å². The van der Waals surface area contributed by atoms with Gasteiger partial charge in [0, 0.05) is 25.8 Å². The molecule has 0 radical (unpaired) electrons. The van der Waals surface area contributed by atoms with Crippen molar-refractivity contribution >= 4 is 28.2 Å². The molecule has 0 bridgehead atoms. The van der Waals surface area contributed by atoms with Gasteiger partial charge >= 0.3 is 0 Å². The van der Waals surface area contributed by atoms with Crippen molar-refractivity contribution in [3.63, 3.8) is 0 Å². The van der Waals surface area contributed by atoms with E-state index < -0.39 is 17.7 Å². The second-order valence-corrected chi connectivity index (χ2v) is 8.28. The van der Waals surface area contributed by atoms with E-state index in [0.29, 0.717) is 37.5 Å². The van der Waals surface area contributed by atoms with E-state index in [1.807, 2.05) is 49.4 Å².